The Labute approximate surface area is 228 Å². The molecule has 2 amide bonds. The molecule has 7 nitrogen and oxygen atoms in total. The van der Waals surface area contributed by atoms with Gasteiger partial charge in [0.1, 0.15) is 11.6 Å². The van der Waals surface area contributed by atoms with Crippen LogP contribution in [0.2, 0.25) is 0 Å². The minimum absolute atomic E-state index is 0.0379. The highest BCUT2D eigenvalue weighted by Gasteiger charge is 2.38. The summed E-state index contributed by atoms with van der Waals surface area (Å²) < 4.78 is 33.9. The van der Waals surface area contributed by atoms with Gasteiger partial charge in [0.25, 0.3) is 0 Å². The van der Waals surface area contributed by atoms with E-state index in [9.17, 15) is 23.5 Å². The molecule has 212 valence electrons. The number of benzene rings is 2. The molecule has 2 aromatic carbocycles. The van der Waals surface area contributed by atoms with Crippen LogP contribution in [-0.4, -0.2) is 65.7 Å². The molecule has 0 radical (unpaired) electrons. The zero-order chi connectivity index (χ0) is 27.8. The molecule has 0 aliphatic carbocycles. The number of hydrogen-bond donors (Lipinski definition) is 3. The average Bonchev–Trinajstić information content (AvgIpc) is 3.54. The van der Waals surface area contributed by atoms with Crippen molar-refractivity contribution in [2.45, 2.75) is 76.3 Å². The minimum atomic E-state index is -1.04. The lowest BCUT2D eigenvalue weighted by Gasteiger charge is -2.29. The molecule has 9 heteroatoms. The van der Waals surface area contributed by atoms with E-state index in [-0.39, 0.29) is 36.8 Å². The van der Waals surface area contributed by atoms with Gasteiger partial charge < -0.3 is 25.4 Å². The monoisotopic (exact) mass is 543 g/mol. The van der Waals surface area contributed by atoms with Crippen molar-refractivity contribution in [3.8, 4) is 0 Å². The van der Waals surface area contributed by atoms with Crippen molar-refractivity contribution in [3.63, 3.8) is 0 Å². The standard InChI is InChI=1S/C30H39F2N3O4/c1-2-3-7-10-35-18-22(14-28(35)36)30(38)34-27(13-21-11-23(31)15-24(32)12-21)29(37)26-16-25(17-33-26)39-19-20-8-5-4-6-9-20/h4-6,8-9,11-12,15,22,25-27,29,33,37H,2-3,7,10,13-14,16-19H2,1H3,(H,34,38)/t22-,25+,26+,27-,29+/m0/s1. The van der Waals surface area contributed by atoms with Crippen LogP contribution in [0.25, 0.3) is 0 Å². The first-order valence-corrected chi connectivity index (χ1v) is 13.9. The topological polar surface area (TPSA) is 90.9 Å². The van der Waals surface area contributed by atoms with Crippen LogP contribution in [0.1, 0.15) is 50.2 Å². The number of aliphatic hydroxyl groups is 1. The summed E-state index contributed by atoms with van der Waals surface area (Å²) in [6.45, 7) is 4.04. The number of amides is 2. The van der Waals surface area contributed by atoms with Gasteiger partial charge in [0, 0.05) is 38.2 Å². The van der Waals surface area contributed by atoms with E-state index < -0.39 is 29.7 Å². The predicted octanol–water partition coefficient (Wildman–Crippen LogP) is 3.34. The lowest BCUT2D eigenvalue weighted by Crippen LogP contribution is -2.53. The fraction of sp³-hybridized carbons (Fsp3) is 0.533. The van der Waals surface area contributed by atoms with Gasteiger partial charge in [0.05, 0.1) is 30.8 Å². The SMILES string of the molecule is CCCCCN1C[C@@H](C(=O)N[C@@H](Cc2cc(F)cc(F)c2)[C@H](O)[C@H]2C[C@@H](OCc3ccccc3)CN2)CC1=O. The van der Waals surface area contributed by atoms with Crippen LogP contribution >= 0.6 is 0 Å². The van der Waals surface area contributed by atoms with E-state index in [1.54, 1.807) is 4.90 Å². The van der Waals surface area contributed by atoms with Crippen molar-refractivity contribution in [2.75, 3.05) is 19.6 Å². The molecule has 0 aromatic heterocycles. The maximum atomic E-state index is 13.9. The predicted molar refractivity (Wildman–Crippen MR) is 144 cm³/mol. The normalized spacial score (nSPS) is 22.7. The third kappa shape index (κ3) is 8.30. The number of nitrogens with one attached hydrogen (secondary N) is 2. The summed E-state index contributed by atoms with van der Waals surface area (Å²) in [4.78, 5) is 27.4. The molecule has 2 fully saturated rings. The van der Waals surface area contributed by atoms with E-state index in [1.165, 1.54) is 12.1 Å². The third-order valence-corrected chi connectivity index (χ3v) is 7.60. The first-order chi connectivity index (χ1) is 18.8. The molecule has 2 aliphatic rings. The van der Waals surface area contributed by atoms with E-state index in [1.807, 2.05) is 30.3 Å². The third-order valence-electron chi connectivity index (χ3n) is 7.60. The van der Waals surface area contributed by atoms with Crippen LogP contribution in [-0.2, 0) is 27.4 Å². The van der Waals surface area contributed by atoms with E-state index in [0.717, 1.165) is 30.9 Å². The van der Waals surface area contributed by atoms with Crippen molar-refractivity contribution in [1.82, 2.24) is 15.5 Å². The van der Waals surface area contributed by atoms with Gasteiger partial charge in [-0.25, -0.2) is 8.78 Å². The summed E-state index contributed by atoms with van der Waals surface area (Å²) in [5.41, 5.74) is 1.38. The largest absolute Gasteiger partial charge is 0.389 e. The van der Waals surface area contributed by atoms with E-state index in [4.69, 9.17) is 4.74 Å². The lowest BCUT2D eigenvalue weighted by molar-refractivity contribution is -0.129. The Bertz CT molecular complexity index is 1080. The number of carbonyl (C=O) groups excluding carboxylic acids is 2. The Kier molecular flexibility index (Phi) is 10.4. The second-order valence-corrected chi connectivity index (χ2v) is 10.7. The maximum Gasteiger partial charge on any atom is 0.225 e. The van der Waals surface area contributed by atoms with Crippen LogP contribution in [0.3, 0.4) is 0 Å². The fourth-order valence-corrected chi connectivity index (χ4v) is 5.45. The lowest BCUT2D eigenvalue weighted by atomic mass is 9.94. The molecule has 2 saturated heterocycles. The number of halogens is 2. The second kappa shape index (κ2) is 14.0. The number of unbranched alkanes of at least 4 members (excludes halogenated alkanes) is 2. The van der Waals surface area contributed by atoms with Gasteiger partial charge in [-0.15, -0.1) is 0 Å². The minimum Gasteiger partial charge on any atom is -0.389 e. The summed E-state index contributed by atoms with van der Waals surface area (Å²) in [6.07, 6.45) is 2.46. The Balaban J connectivity index is 1.40. The summed E-state index contributed by atoms with van der Waals surface area (Å²) in [6, 6.07) is 11.8. The van der Waals surface area contributed by atoms with Crippen molar-refractivity contribution < 1.29 is 28.2 Å². The second-order valence-electron chi connectivity index (χ2n) is 10.7. The summed E-state index contributed by atoms with van der Waals surface area (Å²) in [5.74, 6) is -2.36. The molecule has 0 unspecified atom stereocenters. The highest BCUT2D eigenvalue weighted by molar-refractivity contribution is 5.89. The Morgan fingerprint density at radius 2 is 1.90 bits per heavy atom. The van der Waals surface area contributed by atoms with Crippen molar-refractivity contribution in [3.05, 3.63) is 71.3 Å². The van der Waals surface area contributed by atoms with Gasteiger partial charge in [-0.05, 0) is 42.5 Å². The van der Waals surface area contributed by atoms with Crippen molar-refractivity contribution >= 4 is 11.8 Å². The van der Waals surface area contributed by atoms with E-state index in [2.05, 4.69) is 17.6 Å². The molecule has 3 N–H and O–H groups in total. The number of nitrogens with zero attached hydrogens (tertiary/aromatic N) is 1. The van der Waals surface area contributed by atoms with Crippen LogP contribution in [0.15, 0.2) is 48.5 Å². The molecule has 2 aromatic rings. The zero-order valence-electron chi connectivity index (χ0n) is 22.5. The van der Waals surface area contributed by atoms with Crippen LogP contribution in [0.4, 0.5) is 8.78 Å². The van der Waals surface area contributed by atoms with Crippen LogP contribution < -0.4 is 10.6 Å². The number of ether oxygens (including phenoxy) is 1. The number of rotatable bonds is 13. The Morgan fingerprint density at radius 3 is 2.62 bits per heavy atom. The molecule has 5 atom stereocenters. The molecule has 4 rings (SSSR count). The number of hydrogen-bond acceptors (Lipinski definition) is 5. The van der Waals surface area contributed by atoms with Gasteiger partial charge in [-0.2, -0.15) is 0 Å². The summed E-state index contributed by atoms with van der Waals surface area (Å²) >= 11 is 0. The molecule has 0 saturated carbocycles. The van der Waals surface area contributed by atoms with Gasteiger partial charge in [-0.3, -0.25) is 9.59 Å². The average molecular weight is 544 g/mol. The van der Waals surface area contributed by atoms with Gasteiger partial charge >= 0.3 is 0 Å². The van der Waals surface area contributed by atoms with E-state index >= 15 is 0 Å². The molecular formula is C30H39F2N3O4. The zero-order valence-corrected chi connectivity index (χ0v) is 22.5. The van der Waals surface area contributed by atoms with Crippen LogP contribution in [0, 0.1) is 17.6 Å². The molecule has 39 heavy (non-hydrogen) atoms. The fourth-order valence-electron chi connectivity index (χ4n) is 5.45. The molecular weight excluding hydrogens is 504 g/mol. The molecule has 2 heterocycles. The Hall–Kier alpha value is -2.88. The number of carbonyl (C=O) groups is 2. The van der Waals surface area contributed by atoms with Gasteiger partial charge in [0.2, 0.25) is 11.8 Å². The first-order valence-electron chi connectivity index (χ1n) is 13.9. The number of likely N-dealkylation sites (tertiary alicyclic amines) is 1. The molecule has 0 spiro atoms. The molecule has 2 aliphatic heterocycles. The smallest absolute Gasteiger partial charge is 0.225 e. The Morgan fingerprint density at radius 1 is 1.15 bits per heavy atom. The van der Waals surface area contributed by atoms with Gasteiger partial charge in [-0.1, -0.05) is 50.1 Å². The summed E-state index contributed by atoms with van der Waals surface area (Å²) in [7, 11) is 0. The highest BCUT2D eigenvalue weighted by Crippen LogP contribution is 2.23. The van der Waals surface area contributed by atoms with Crippen molar-refractivity contribution in [1.29, 1.82) is 0 Å². The number of aliphatic hydroxyl groups excluding tert-OH is 1. The highest BCUT2D eigenvalue weighted by atomic mass is 19.1. The van der Waals surface area contributed by atoms with E-state index in [0.29, 0.717) is 38.2 Å². The molecule has 0 bridgehead atoms. The first kappa shape index (κ1) is 29.1. The van der Waals surface area contributed by atoms with Crippen LogP contribution in [0.5, 0.6) is 0 Å². The van der Waals surface area contributed by atoms with Gasteiger partial charge in [0.15, 0.2) is 0 Å². The maximum absolute atomic E-state index is 13.9. The summed E-state index contributed by atoms with van der Waals surface area (Å²) in [5, 5.41) is 17.5. The quantitative estimate of drug-likeness (QED) is 0.337. The van der Waals surface area contributed by atoms with Crippen molar-refractivity contribution in [2.24, 2.45) is 5.92 Å².